The van der Waals surface area contributed by atoms with Gasteiger partial charge in [0.25, 0.3) is 0 Å². The van der Waals surface area contributed by atoms with Gasteiger partial charge < -0.3 is 15.6 Å². The molecule has 0 bridgehead atoms. The number of nitrogens with two attached hydrogens (primary N) is 1. The summed E-state index contributed by atoms with van der Waals surface area (Å²) in [5, 5.41) is 5.96. The molecule has 2 aromatic heterocycles. The van der Waals surface area contributed by atoms with Crippen molar-refractivity contribution in [3.05, 3.63) is 200 Å². The van der Waals surface area contributed by atoms with E-state index >= 15 is 0 Å². The van der Waals surface area contributed by atoms with E-state index in [1.807, 2.05) is 60.7 Å². The zero-order chi connectivity index (χ0) is 39.0. The molecule has 6 nitrogen and oxygen atoms in total. The Morgan fingerprint density at radius 1 is 0.431 bits per heavy atom. The molecule has 6 heteroatoms. The molecular formula is C52H38N6. The van der Waals surface area contributed by atoms with Crippen LogP contribution in [0, 0.1) is 6.92 Å². The predicted octanol–water partition coefficient (Wildman–Crippen LogP) is 12.9. The number of benzene rings is 8. The van der Waals surface area contributed by atoms with Gasteiger partial charge in [0.2, 0.25) is 0 Å². The minimum Gasteiger partial charge on any atom is -0.395 e. The molecule has 0 atom stereocenters. The predicted molar refractivity (Wildman–Crippen MR) is 240 cm³/mol. The Morgan fingerprint density at radius 2 is 0.983 bits per heavy atom. The lowest BCUT2D eigenvalue weighted by Crippen LogP contribution is -2.02. The van der Waals surface area contributed by atoms with E-state index in [0.717, 1.165) is 72.2 Å². The summed E-state index contributed by atoms with van der Waals surface area (Å²) in [7, 11) is 0. The smallest absolute Gasteiger partial charge is 0.164 e. The lowest BCUT2D eigenvalue weighted by atomic mass is 9.99. The van der Waals surface area contributed by atoms with E-state index in [1.54, 1.807) is 0 Å². The number of nitrogens with one attached hydrogen (secondary N) is 1. The van der Waals surface area contributed by atoms with Crippen molar-refractivity contribution in [2.75, 3.05) is 11.1 Å². The number of aryl methyl sites for hydroxylation is 1. The Balaban J connectivity index is 1.04. The zero-order valence-electron chi connectivity index (χ0n) is 31.8. The fourth-order valence-electron chi connectivity index (χ4n) is 7.88. The average Bonchev–Trinajstić information content (AvgIpc) is 3.63. The van der Waals surface area contributed by atoms with Crippen molar-refractivity contribution in [3.8, 4) is 62.1 Å². The summed E-state index contributed by atoms with van der Waals surface area (Å²) in [5.74, 6) is 1.90. The summed E-state index contributed by atoms with van der Waals surface area (Å²) >= 11 is 0. The Kier molecular flexibility index (Phi) is 8.77. The summed E-state index contributed by atoms with van der Waals surface area (Å²) in [6.45, 7) is 2.14. The minimum absolute atomic E-state index is 0.625. The standard InChI is InChI=1S/C52H38N6/c1-34-15-8-9-22-41(34)42-23-10-12-25-45(42)54-46-32-31-44-43-24-11-13-26-47(43)58(49(44)48(46)53)40-21-14-20-39(33-40)35-27-29-38(30-28-35)52-56-50(36-16-4-2-5-17-36)55-51(57-52)37-18-6-3-7-19-37/h2-33,54H,53H2,1H3. The van der Waals surface area contributed by atoms with Gasteiger partial charge in [-0.2, -0.15) is 0 Å². The highest BCUT2D eigenvalue weighted by Gasteiger charge is 2.19. The van der Waals surface area contributed by atoms with Crippen LogP contribution in [-0.2, 0) is 0 Å². The van der Waals surface area contributed by atoms with Gasteiger partial charge in [-0.1, -0.05) is 158 Å². The molecule has 58 heavy (non-hydrogen) atoms. The van der Waals surface area contributed by atoms with Gasteiger partial charge in [0.05, 0.1) is 22.4 Å². The molecule has 3 N–H and O–H groups in total. The van der Waals surface area contributed by atoms with Gasteiger partial charge in [-0.15, -0.1) is 0 Å². The average molecular weight is 747 g/mol. The maximum absolute atomic E-state index is 7.20. The first-order chi connectivity index (χ1) is 28.6. The maximum atomic E-state index is 7.20. The molecule has 0 saturated carbocycles. The van der Waals surface area contributed by atoms with Gasteiger partial charge in [0, 0.05) is 44.4 Å². The molecule has 0 aliphatic carbocycles. The molecule has 0 saturated heterocycles. The van der Waals surface area contributed by atoms with Gasteiger partial charge in [-0.3, -0.25) is 0 Å². The number of rotatable bonds is 8. The molecule has 0 amide bonds. The van der Waals surface area contributed by atoms with Crippen molar-refractivity contribution in [2.24, 2.45) is 0 Å². The molecule has 10 rings (SSSR count). The first-order valence-corrected chi connectivity index (χ1v) is 19.4. The SMILES string of the molecule is Cc1ccccc1-c1ccccc1Nc1ccc2c3ccccc3n(-c3cccc(-c4ccc(-c5nc(-c6ccccc6)nc(-c6ccccc6)n5)cc4)c3)c2c1N. The summed E-state index contributed by atoms with van der Waals surface area (Å²) in [6.07, 6.45) is 0. The number of para-hydroxylation sites is 2. The van der Waals surface area contributed by atoms with E-state index in [-0.39, 0.29) is 0 Å². The first kappa shape index (κ1) is 34.6. The van der Waals surface area contributed by atoms with E-state index in [4.69, 9.17) is 20.7 Å². The monoisotopic (exact) mass is 746 g/mol. The number of hydrogen-bond donors (Lipinski definition) is 2. The van der Waals surface area contributed by atoms with Crippen LogP contribution >= 0.6 is 0 Å². The van der Waals surface area contributed by atoms with E-state index < -0.39 is 0 Å². The van der Waals surface area contributed by atoms with Crippen LogP contribution in [0.15, 0.2) is 194 Å². The molecule has 0 aliphatic rings. The molecule has 0 unspecified atom stereocenters. The Morgan fingerprint density at radius 3 is 1.67 bits per heavy atom. The van der Waals surface area contributed by atoms with Gasteiger partial charge in [-0.05, 0) is 65.6 Å². The van der Waals surface area contributed by atoms with Crippen LogP contribution in [0.3, 0.4) is 0 Å². The molecule has 0 aliphatic heterocycles. The van der Waals surface area contributed by atoms with E-state index in [9.17, 15) is 0 Å². The fraction of sp³-hybridized carbons (Fsp3) is 0.0192. The largest absolute Gasteiger partial charge is 0.395 e. The third-order valence-corrected chi connectivity index (χ3v) is 10.8. The summed E-state index contributed by atoms with van der Waals surface area (Å²) in [5.41, 5.74) is 21.3. The molecular weight excluding hydrogens is 709 g/mol. The van der Waals surface area contributed by atoms with Crippen molar-refractivity contribution in [3.63, 3.8) is 0 Å². The number of hydrogen-bond acceptors (Lipinski definition) is 5. The number of nitrogens with zero attached hydrogens (tertiary/aromatic N) is 4. The van der Waals surface area contributed by atoms with E-state index in [0.29, 0.717) is 23.2 Å². The minimum atomic E-state index is 0.625. The van der Waals surface area contributed by atoms with Crippen LogP contribution in [0.2, 0.25) is 0 Å². The summed E-state index contributed by atoms with van der Waals surface area (Å²) in [6, 6.07) is 66.8. The van der Waals surface area contributed by atoms with Crippen LogP contribution in [0.1, 0.15) is 5.56 Å². The lowest BCUT2D eigenvalue weighted by molar-refractivity contribution is 1.07. The van der Waals surface area contributed by atoms with Gasteiger partial charge in [-0.25, -0.2) is 15.0 Å². The van der Waals surface area contributed by atoms with Crippen LogP contribution in [0.25, 0.3) is 83.9 Å². The third kappa shape index (κ3) is 6.33. The molecule has 0 radical (unpaired) electrons. The molecule has 0 fully saturated rings. The highest BCUT2D eigenvalue weighted by Crippen LogP contribution is 2.41. The quantitative estimate of drug-likeness (QED) is 0.151. The molecule has 10 aromatic rings. The van der Waals surface area contributed by atoms with Crippen molar-refractivity contribution in [1.29, 1.82) is 0 Å². The topological polar surface area (TPSA) is 81.7 Å². The summed E-state index contributed by atoms with van der Waals surface area (Å²) < 4.78 is 2.29. The van der Waals surface area contributed by atoms with Crippen LogP contribution in [-0.4, -0.2) is 19.5 Å². The highest BCUT2D eigenvalue weighted by molar-refractivity contribution is 6.15. The fourth-order valence-corrected chi connectivity index (χ4v) is 7.88. The number of nitrogen functional groups attached to an aromatic ring is 1. The number of fused-ring (bicyclic) bond motifs is 3. The zero-order valence-corrected chi connectivity index (χ0v) is 31.8. The van der Waals surface area contributed by atoms with E-state index in [1.165, 1.54) is 11.1 Å². The Labute approximate surface area is 337 Å². The third-order valence-electron chi connectivity index (χ3n) is 10.8. The molecule has 2 heterocycles. The van der Waals surface area contributed by atoms with Crippen LogP contribution in [0.5, 0.6) is 0 Å². The van der Waals surface area contributed by atoms with Crippen LogP contribution < -0.4 is 11.1 Å². The van der Waals surface area contributed by atoms with Gasteiger partial charge in [0.1, 0.15) is 0 Å². The second-order valence-corrected chi connectivity index (χ2v) is 14.4. The number of anilines is 3. The van der Waals surface area contributed by atoms with Crippen molar-refractivity contribution < 1.29 is 0 Å². The van der Waals surface area contributed by atoms with Crippen molar-refractivity contribution >= 4 is 38.9 Å². The molecule has 8 aromatic carbocycles. The van der Waals surface area contributed by atoms with Gasteiger partial charge >= 0.3 is 0 Å². The normalized spacial score (nSPS) is 11.3. The van der Waals surface area contributed by atoms with Gasteiger partial charge in [0.15, 0.2) is 17.5 Å². The van der Waals surface area contributed by atoms with Crippen molar-refractivity contribution in [2.45, 2.75) is 6.92 Å². The highest BCUT2D eigenvalue weighted by atomic mass is 15.0. The van der Waals surface area contributed by atoms with Crippen LogP contribution in [0.4, 0.5) is 17.1 Å². The second-order valence-electron chi connectivity index (χ2n) is 14.4. The Bertz CT molecular complexity index is 3040. The van der Waals surface area contributed by atoms with Crippen molar-refractivity contribution in [1.82, 2.24) is 19.5 Å². The summed E-state index contributed by atoms with van der Waals surface area (Å²) in [4.78, 5) is 14.7. The van der Waals surface area contributed by atoms with E-state index in [2.05, 4.69) is 150 Å². The number of aromatic nitrogens is 4. The molecule has 276 valence electrons. The first-order valence-electron chi connectivity index (χ1n) is 19.4. The lowest BCUT2D eigenvalue weighted by Gasteiger charge is -2.17. The Hall–Kier alpha value is -7.83. The molecule has 0 spiro atoms. The second kappa shape index (κ2) is 14.7. The maximum Gasteiger partial charge on any atom is 0.164 e.